The number of thiocarbonyl (C=S) groups is 1. The first-order chi connectivity index (χ1) is 14.9. The molecule has 0 unspecified atom stereocenters. The number of aromatic nitrogens is 1. The van der Waals surface area contributed by atoms with E-state index in [0.29, 0.717) is 41.2 Å². The summed E-state index contributed by atoms with van der Waals surface area (Å²) in [5, 5.41) is 4.87. The zero-order valence-electron chi connectivity index (χ0n) is 18.0. The minimum atomic E-state index is -0.132. The van der Waals surface area contributed by atoms with Crippen molar-refractivity contribution >= 4 is 28.2 Å². The Morgan fingerprint density at radius 3 is 2.55 bits per heavy atom. The second kappa shape index (κ2) is 8.98. The Balaban J connectivity index is 1.63. The molecule has 4 rings (SSSR count). The Bertz CT molecular complexity index is 1160. The molecule has 1 aliphatic rings. The first kappa shape index (κ1) is 21.2. The summed E-state index contributed by atoms with van der Waals surface area (Å²) in [4.78, 5) is 17.8. The van der Waals surface area contributed by atoms with Gasteiger partial charge in [-0.15, -0.1) is 0 Å². The van der Waals surface area contributed by atoms with Gasteiger partial charge in [0.1, 0.15) is 0 Å². The minimum Gasteiger partial charge on any atom is -0.454 e. The number of fused-ring (bicyclic) bond motifs is 2. The maximum absolute atomic E-state index is 12.8. The normalized spacial score (nSPS) is 12.4. The highest BCUT2D eigenvalue weighted by molar-refractivity contribution is 7.80. The fourth-order valence-corrected chi connectivity index (χ4v) is 3.69. The van der Waals surface area contributed by atoms with E-state index in [1.54, 1.807) is 0 Å². The third kappa shape index (κ3) is 4.99. The molecule has 2 aromatic carbocycles. The molecule has 2 N–H and O–H groups in total. The molecule has 31 heavy (non-hydrogen) atoms. The molecule has 0 bridgehead atoms. The molecule has 0 saturated carbocycles. The molecule has 3 aromatic rings. The quantitative estimate of drug-likeness (QED) is 0.566. The van der Waals surface area contributed by atoms with Crippen LogP contribution in [0.25, 0.3) is 10.9 Å². The largest absolute Gasteiger partial charge is 0.454 e. The highest BCUT2D eigenvalue weighted by Gasteiger charge is 2.18. The molecular formula is C24H27N3O3S. The predicted molar refractivity (Wildman–Crippen MR) is 127 cm³/mol. The van der Waals surface area contributed by atoms with Crippen molar-refractivity contribution in [1.29, 1.82) is 0 Å². The molecule has 0 spiro atoms. The van der Waals surface area contributed by atoms with E-state index in [2.05, 4.69) is 55.3 Å². The Hall–Kier alpha value is -3.06. The number of aromatic amines is 1. The van der Waals surface area contributed by atoms with E-state index in [4.69, 9.17) is 21.7 Å². The fourth-order valence-electron chi connectivity index (χ4n) is 3.48. The van der Waals surface area contributed by atoms with Crippen LogP contribution in [0.4, 0.5) is 0 Å². The van der Waals surface area contributed by atoms with Crippen LogP contribution in [0.3, 0.4) is 0 Å². The summed E-state index contributed by atoms with van der Waals surface area (Å²) in [5.41, 5.74) is 3.59. The van der Waals surface area contributed by atoms with Crippen molar-refractivity contribution < 1.29 is 9.47 Å². The summed E-state index contributed by atoms with van der Waals surface area (Å²) >= 11 is 5.69. The summed E-state index contributed by atoms with van der Waals surface area (Å²) < 4.78 is 10.9. The Labute approximate surface area is 187 Å². The number of benzene rings is 2. The maximum Gasteiger partial charge on any atom is 0.253 e. The third-order valence-corrected chi connectivity index (χ3v) is 5.62. The number of hydrogen-bond acceptors (Lipinski definition) is 4. The molecule has 1 aliphatic heterocycles. The van der Waals surface area contributed by atoms with Gasteiger partial charge < -0.3 is 24.7 Å². The molecule has 0 amide bonds. The van der Waals surface area contributed by atoms with Crippen LogP contribution in [-0.4, -0.2) is 28.3 Å². The molecule has 7 heteroatoms. The van der Waals surface area contributed by atoms with Crippen LogP contribution in [0, 0.1) is 12.8 Å². The van der Waals surface area contributed by atoms with Crippen LogP contribution >= 0.6 is 12.2 Å². The van der Waals surface area contributed by atoms with E-state index < -0.39 is 0 Å². The van der Waals surface area contributed by atoms with Gasteiger partial charge in [-0.1, -0.05) is 43.7 Å². The van der Waals surface area contributed by atoms with Crippen LogP contribution in [-0.2, 0) is 13.1 Å². The molecule has 0 fully saturated rings. The van der Waals surface area contributed by atoms with Crippen LogP contribution in [0.5, 0.6) is 11.5 Å². The molecule has 162 valence electrons. The summed E-state index contributed by atoms with van der Waals surface area (Å²) in [6.45, 7) is 8.33. The van der Waals surface area contributed by atoms with Gasteiger partial charge in [-0.2, -0.15) is 0 Å². The van der Waals surface area contributed by atoms with Crippen molar-refractivity contribution in [2.24, 2.45) is 5.92 Å². The van der Waals surface area contributed by atoms with E-state index in [-0.39, 0.29) is 12.4 Å². The topological polar surface area (TPSA) is 66.6 Å². The van der Waals surface area contributed by atoms with Gasteiger partial charge in [-0.25, -0.2) is 0 Å². The van der Waals surface area contributed by atoms with Gasteiger partial charge in [0.2, 0.25) is 6.79 Å². The van der Waals surface area contributed by atoms with Crippen LogP contribution < -0.4 is 20.3 Å². The monoisotopic (exact) mass is 437 g/mol. The van der Waals surface area contributed by atoms with Crippen LogP contribution in [0.2, 0.25) is 0 Å². The van der Waals surface area contributed by atoms with E-state index >= 15 is 0 Å². The van der Waals surface area contributed by atoms with Gasteiger partial charge in [0.05, 0.1) is 12.1 Å². The van der Waals surface area contributed by atoms with Crippen molar-refractivity contribution in [2.75, 3.05) is 13.3 Å². The van der Waals surface area contributed by atoms with Crippen LogP contribution in [0.1, 0.15) is 30.5 Å². The van der Waals surface area contributed by atoms with Gasteiger partial charge in [0.15, 0.2) is 16.6 Å². The van der Waals surface area contributed by atoms with Crippen molar-refractivity contribution in [1.82, 2.24) is 15.2 Å². The average molecular weight is 438 g/mol. The third-order valence-electron chi connectivity index (χ3n) is 5.22. The van der Waals surface area contributed by atoms with Crippen molar-refractivity contribution in [3.63, 3.8) is 0 Å². The number of ether oxygens (including phenoxy) is 2. The second-order valence-electron chi connectivity index (χ2n) is 8.34. The number of nitrogens with one attached hydrogen (secondary N) is 2. The standard InChI is InChI=1S/C24H27N3O3S/c1-15(2)11-25-24(31)27(12-17-6-4-16(3)5-7-17)13-19-8-18-9-21-22(30-14-29-21)10-20(18)26-23(19)28/h4-10,15H,11-14H2,1-3H3,(H,25,31)(H,26,28). The number of H-pyrrole nitrogens is 1. The first-order valence-electron chi connectivity index (χ1n) is 10.4. The van der Waals surface area contributed by atoms with Gasteiger partial charge in [0, 0.05) is 30.1 Å². The lowest BCUT2D eigenvalue weighted by Gasteiger charge is -2.26. The van der Waals surface area contributed by atoms with E-state index in [0.717, 1.165) is 23.0 Å². The number of rotatable bonds is 6. The molecular weight excluding hydrogens is 410 g/mol. The van der Waals surface area contributed by atoms with Gasteiger partial charge in [0.25, 0.3) is 5.56 Å². The lowest BCUT2D eigenvalue weighted by atomic mass is 10.1. The zero-order valence-corrected chi connectivity index (χ0v) is 18.8. The summed E-state index contributed by atoms with van der Waals surface area (Å²) in [6, 6.07) is 14.0. The van der Waals surface area contributed by atoms with Gasteiger partial charge >= 0.3 is 0 Å². The molecule has 2 heterocycles. The lowest BCUT2D eigenvalue weighted by molar-refractivity contribution is 0.174. The Morgan fingerprint density at radius 2 is 1.84 bits per heavy atom. The minimum absolute atomic E-state index is 0.132. The van der Waals surface area contributed by atoms with E-state index in [1.807, 2.05) is 23.1 Å². The van der Waals surface area contributed by atoms with E-state index in [9.17, 15) is 4.79 Å². The molecule has 0 radical (unpaired) electrons. The smallest absolute Gasteiger partial charge is 0.253 e. The Morgan fingerprint density at radius 1 is 1.13 bits per heavy atom. The van der Waals surface area contributed by atoms with Crippen molar-refractivity contribution in [3.05, 3.63) is 69.5 Å². The lowest BCUT2D eigenvalue weighted by Crippen LogP contribution is -2.41. The fraction of sp³-hybridized carbons (Fsp3) is 0.333. The number of pyridine rings is 1. The number of aryl methyl sites for hydroxylation is 1. The first-order valence-corrected chi connectivity index (χ1v) is 10.8. The number of nitrogens with zero attached hydrogens (tertiary/aromatic N) is 1. The SMILES string of the molecule is Cc1ccc(CN(Cc2cc3cc4c(cc3[nH]c2=O)OCO4)C(=S)NCC(C)C)cc1. The molecule has 1 aromatic heterocycles. The Kier molecular flexibility index (Phi) is 6.13. The maximum atomic E-state index is 12.8. The molecule has 6 nitrogen and oxygen atoms in total. The molecule has 0 atom stereocenters. The van der Waals surface area contributed by atoms with Gasteiger partial charge in [-0.3, -0.25) is 4.79 Å². The van der Waals surface area contributed by atoms with Crippen molar-refractivity contribution in [2.45, 2.75) is 33.9 Å². The van der Waals surface area contributed by atoms with Crippen LogP contribution in [0.15, 0.2) is 47.3 Å². The summed E-state index contributed by atoms with van der Waals surface area (Å²) in [6.07, 6.45) is 0. The molecule has 0 aliphatic carbocycles. The zero-order chi connectivity index (χ0) is 22.0. The second-order valence-corrected chi connectivity index (χ2v) is 8.72. The highest BCUT2D eigenvalue weighted by Crippen LogP contribution is 2.35. The summed E-state index contributed by atoms with van der Waals surface area (Å²) in [5.74, 6) is 1.81. The average Bonchev–Trinajstić information content (AvgIpc) is 3.19. The number of hydrogen-bond donors (Lipinski definition) is 2. The predicted octanol–water partition coefficient (Wildman–Crippen LogP) is 4.10. The van der Waals surface area contributed by atoms with Gasteiger partial charge in [-0.05, 0) is 42.8 Å². The summed E-state index contributed by atoms with van der Waals surface area (Å²) in [7, 11) is 0. The van der Waals surface area contributed by atoms with Crippen molar-refractivity contribution in [3.8, 4) is 11.5 Å². The highest BCUT2D eigenvalue weighted by atomic mass is 32.1. The molecule has 0 saturated heterocycles. The van der Waals surface area contributed by atoms with E-state index in [1.165, 1.54) is 5.56 Å².